The summed E-state index contributed by atoms with van der Waals surface area (Å²) in [5.74, 6) is 0.268. The van der Waals surface area contributed by atoms with E-state index in [0.29, 0.717) is 28.9 Å². The monoisotopic (exact) mass is 427 g/mol. The summed E-state index contributed by atoms with van der Waals surface area (Å²) in [7, 11) is 0. The molecule has 0 saturated carbocycles. The van der Waals surface area contributed by atoms with E-state index < -0.39 is 5.92 Å². The first-order valence-corrected chi connectivity index (χ1v) is 11.2. The third kappa shape index (κ3) is 4.57. The molecule has 0 unspecified atom stereocenters. The van der Waals surface area contributed by atoms with Gasteiger partial charge >= 0.3 is 0 Å². The molecule has 1 fully saturated rings. The van der Waals surface area contributed by atoms with E-state index in [1.165, 1.54) is 0 Å². The molecule has 1 aliphatic rings. The van der Waals surface area contributed by atoms with E-state index >= 15 is 0 Å². The standard InChI is InChI=1S/C26H29N5O/c1-17-13-18(2)16-31(15-17)25-24(29-22-11-7-8-12-23(22)30-25)21(14-27)26(32)28-19(3)20-9-5-4-6-10-20/h4-12,17-19,21H,13,15-16H2,1-3H3,(H,28,32)/t17-,18+,19-,21+/m1/s1. The number of rotatable bonds is 5. The van der Waals surface area contributed by atoms with Crippen LogP contribution in [-0.2, 0) is 4.79 Å². The van der Waals surface area contributed by atoms with Crippen LogP contribution in [0.2, 0.25) is 0 Å². The number of piperidine rings is 1. The molecule has 6 heteroatoms. The number of para-hydroxylation sites is 2. The molecule has 6 nitrogen and oxygen atoms in total. The number of carbonyl (C=O) groups is 1. The van der Waals surface area contributed by atoms with E-state index in [-0.39, 0.29) is 11.9 Å². The van der Waals surface area contributed by atoms with Gasteiger partial charge < -0.3 is 10.2 Å². The molecule has 2 heterocycles. The first kappa shape index (κ1) is 21.8. The number of aromatic nitrogens is 2. The van der Waals surface area contributed by atoms with Gasteiger partial charge in [0.1, 0.15) is 5.69 Å². The Morgan fingerprint density at radius 3 is 2.25 bits per heavy atom. The molecular weight excluding hydrogens is 398 g/mol. The second-order valence-corrected chi connectivity index (χ2v) is 8.98. The number of hydrogen-bond acceptors (Lipinski definition) is 5. The zero-order chi connectivity index (χ0) is 22.7. The van der Waals surface area contributed by atoms with Crippen LogP contribution in [0.1, 0.15) is 50.4 Å². The number of fused-ring (bicyclic) bond motifs is 1. The Kier molecular flexibility index (Phi) is 6.36. The Balaban J connectivity index is 1.71. The maximum absolute atomic E-state index is 13.2. The Hall–Kier alpha value is -3.46. The lowest BCUT2D eigenvalue weighted by Crippen LogP contribution is -2.41. The Bertz CT molecular complexity index is 1130. The molecule has 0 spiro atoms. The zero-order valence-electron chi connectivity index (χ0n) is 18.8. The first-order valence-electron chi connectivity index (χ1n) is 11.2. The van der Waals surface area contributed by atoms with Crippen molar-refractivity contribution >= 4 is 22.8 Å². The first-order chi connectivity index (χ1) is 15.5. The minimum atomic E-state index is -1.04. The lowest BCUT2D eigenvalue weighted by atomic mass is 9.91. The predicted molar refractivity (Wildman–Crippen MR) is 126 cm³/mol. The summed E-state index contributed by atoms with van der Waals surface area (Å²) < 4.78 is 0. The van der Waals surface area contributed by atoms with Crippen molar-refractivity contribution in [3.8, 4) is 6.07 Å². The summed E-state index contributed by atoms with van der Waals surface area (Å²) in [5, 5.41) is 13.0. The van der Waals surface area contributed by atoms with Crippen molar-refractivity contribution < 1.29 is 4.79 Å². The number of benzene rings is 2. The van der Waals surface area contributed by atoms with Gasteiger partial charge in [0.2, 0.25) is 5.91 Å². The second kappa shape index (κ2) is 9.35. The maximum atomic E-state index is 13.2. The van der Waals surface area contributed by atoms with Crippen LogP contribution in [0.5, 0.6) is 0 Å². The molecule has 4 rings (SSSR count). The van der Waals surface area contributed by atoms with E-state index in [9.17, 15) is 10.1 Å². The second-order valence-electron chi connectivity index (χ2n) is 8.98. The molecule has 2 aromatic carbocycles. The highest BCUT2D eigenvalue weighted by molar-refractivity contribution is 5.89. The number of nitrogens with zero attached hydrogens (tertiary/aromatic N) is 4. The van der Waals surface area contributed by atoms with Crippen LogP contribution in [0.15, 0.2) is 54.6 Å². The molecule has 0 bridgehead atoms. The van der Waals surface area contributed by atoms with Crippen molar-refractivity contribution in [1.82, 2.24) is 15.3 Å². The maximum Gasteiger partial charge on any atom is 0.244 e. The number of nitrogens with one attached hydrogen (secondary N) is 1. The fraction of sp³-hybridized carbons (Fsp3) is 0.385. The van der Waals surface area contributed by atoms with Crippen LogP contribution in [0, 0.1) is 23.2 Å². The minimum Gasteiger partial charge on any atom is -0.355 e. The van der Waals surface area contributed by atoms with Crippen molar-refractivity contribution in [1.29, 1.82) is 5.26 Å². The van der Waals surface area contributed by atoms with E-state index in [1.807, 2.05) is 61.5 Å². The molecule has 0 aliphatic carbocycles. The molecule has 32 heavy (non-hydrogen) atoms. The van der Waals surface area contributed by atoms with Crippen LogP contribution in [0.4, 0.5) is 5.82 Å². The Morgan fingerprint density at radius 1 is 1.03 bits per heavy atom. The summed E-state index contributed by atoms with van der Waals surface area (Å²) in [4.78, 5) is 25.1. The van der Waals surface area contributed by atoms with Crippen molar-refractivity contribution in [3.63, 3.8) is 0 Å². The van der Waals surface area contributed by atoms with Crippen molar-refractivity contribution in [3.05, 3.63) is 65.9 Å². The van der Waals surface area contributed by atoms with Gasteiger partial charge in [-0.25, -0.2) is 9.97 Å². The van der Waals surface area contributed by atoms with E-state index in [4.69, 9.17) is 9.97 Å². The van der Waals surface area contributed by atoms with E-state index in [0.717, 1.165) is 30.6 Å². The zero-order valence-corrected chi connectivity index (χ0v) is 18.8. The predicted octanol–water partition coefficient (Wildman–Crippen LogP) is 4.60. The smallest absolute Gasteiger partial charge is 0.244 e. The quantitative estimate of drug-likeness (QED) is 0.644. The van der Waals surface area contributed by atoms with E-state index in [2.05, 4.69) is 30.1 Å². The van der Waals surface area contributed by atoms with Gasteiger partial charge in [0.05, 0.1) is 23.1 Å². The van der Waals surface area contributed by atoms with Gasteiger partial charge in [-0.1, -0.05) is 56.3 Å². The van der Waals surface area contributed by atoms with Crippen LogP contribution in [0.3, 0.4) is 0 Å². The number of nitriles is 1. The molecule has 3 aromatic rings. The fourth-order valence-corrected chi connectivity index (χ4v) is 4.63. The highest BCUT2D eigenvalue weighted by Crippen LogP contribution is 2.32. The topological polar surface area (TPSA) is 81.9 Å². The molecule has 1 saturated heterocycles. The van der Waals surface area contributed by atoms with Crippen molar-refractivity contribution in [2.45, 2.75) is 39.2 Å². The molecule has 1 amide bonds. The molecular formula is C26H29N5O. The van der Waals surface area contributed by atoms with Gasteiger partial charge in [0.15, 0.2) is 11.7 Å². The van der Waals surface area contributed by atoms with Gasteiger partial charge in [-0.2, -0.15) is 5.26 Å². The van der Waals surface area contributed by atoms with Crippen LogP contribution in [0.25, 0.3) is 11.0 Å². The Morgan fingerprint density at radius 2 is 1.62 bits per heavy atom. The van der Waals surface area contributed by atoms with Crippen LogP contribution in [-0.4, -0.2) is 29.0 Å². The Labute approximate surface area is 189 Å². The highest BCUT2D eigenvalue weighted by atomic mass is 16.2. The fourth-order valence-electron chi connectivity index (χ4n) is 4.63. The average Bonchev–Trinajstić information content (AvgIpc) is 2.79. The summed E-state index contributed by atoms with van der Waals surface area (Å²) in [6.07, 6.45) is 1.16. The summed E-state index contributed by atoms with van der Waals surface area (Å²) in [6.45, 7) is 8.05. The SMILES string of the molecule is C[C@@H]1C[C@H](C)CN(c2nc3ccccc3nc2[C@H](C#N)C(=O)N[C@H](C)c2ccccc2)C1. The van der Waals surface area contributed by atoms with Crippen molar-refractivity contribution in [2.75, 3.05) is 18.0 Å². The largest absolute Gasteiger partial charge is 0.355 e. The lowest BCUT2D eigenvalue weighted by Gasteiger charge is -2.36. The molecule has 4 atom stereocenters. The minimum absolute atomic E-state index is 0.216. The number of amides is 1. The third-order valence-corrected chi connectivity index (χ3v) is 6.07. The van der Waals surface area contributed by atoms with Gasteiger partial charge in [-0.15, -0.1) is 0 Å². The van der Waals surface area contributed by atoms with Crippen LogP contribution < -0.4 is 10.2 Å². The van der Waals surface area contributed by atoms with Gasteiger partial charge in [0, 0.05) is 13.1 Å². The van der Waals surface area contributed by atoms with Crippen LogP contribution >= 0.6 is 0 Å². The number of hydrogen-bond donors (Lipinski definition) is 1. The lowest BCUT2D eigenvalue weighted by molar-refractivity contribution is -0.122. The third-order valence-electron chi connectivity index (χ3n) is 6.07. The molecule has 1 N–H and O–H groups in total. The normalized spacial score (nSPS) is 20.4. The van der Waals surface area contributed by atoms with E-state index in [1.54, 1.807) is 0 Å². The van der Waals surface area contributed by atoms with Crippen molar-refractivity contribution in [2.24, 2.45) is 11.8 Å². The average molecular weight is 428 g/mol. The molecule has 164 valence electrons. The summed E-state index contributed by atoms with van der Waals surface area (Å²) >= 11 is 0. The molecule has 0 radical (unpaired) electrons. The van der Waals surface area contributed by atoms with Gasteiger partial charge in [0.25, 0.3) is 0 Å². The molecule has 1 aromatic heterocycles. The number of carbonyl (C=O) groups excluding carboxylic acids is 1. The summed E-state index contributed by atoms with van der Waals surface area (Å²) in [5.41, 5.74) is 2.88. The summed E-state index contributed by atoms with van der Waals surface area (Å²) in [6, 6.07) is 19.3. The van der Waals surface area contributed by atoms with Gasteiger partial charge in [-0.05, 0) is 42.9 Å². The highest BCUT2D eigenvalue weighted by Gasteiger charge is 2.32. The van der Waals surface area contributed by atoms with Gasteiger partial charge in [-0.3, -0.25) is 4.79 Å². The molecule has 1 aliphatic heterocycles. The number of anilines is 1.